The van der Waals surface area contributed by atoms with Crippen LogP contribution >= 0.6 is 0 Å². The molecule has 0 bridgehead atoms. The Morgan fingerprint density at radius 3 is 2.13 bits per heavy atom. The third-order valence-electron chi connectivity index (χ3n) is 4.48. The van der Waals surface area contributed by atoms with Crippen LogP contribution in [0.2, 0.25) is 0 Å². The summed E-state index contributed by atoms with van der Waals surface area (Å²) in [6.45, 7) is 4.36. The van der Waals surface area contributed by atoms with Crippen molar-refractivity contribution in [1.82, 2.24) is 0 Å². The second-order valence-electron chi connectivity index (χ2n) is 6.47. The van der Waals surface area contributed by atoms with E-state index < -0.39 is 12.2 Å². The molecule has 136 valence electrons. The molecule has 0 unspecified atom stereocenters. The van der Waals surface area contributed by atoms with Crippen molar-refractivity contribution in [2.24, 2.45) is 0 Å². The highest BCUT2D eigenvalue weighted by atomic mass is 16.5. The van der Waals surface area contributed by atoms with Crippen molar-refractivity contribution in [3.05, 3.63) is 0 Å². The minimum Gasteiger partial charge on any atom is -0.466 e. The van der Waals surface area contributed by atoms with E-state index in [1.165, 1.54) is 0 Å². The van der Waals surface area contributed by atoms with Gasteiger partial charge in [-0.2, -0.15) is 0 Å². The maximum atomic E-state index is 11.2. The molecular weight excluding hydrogens is 296 g/mol. The minimum absolute atomic E-state index is 0.133. The molecule has 0 saturated carbocycles. The summed E-state index contributed by atoms with van der Waals surface area (Å²) < 4.78 is 10.7. The van der Waals surface area contributed by atoms with Gasteiger partial charge in [-0.1, -0.05) is 32.6 Å². The van der Waals surface area contributed by atoms with Crippen molar-refractivity contribution in [3.63, 3.8) is 0 Å². The molecule has 0 aromatic carbocycles. The Balaban J connectivity index is 2.15. The first kappa shape index (κ1) is 20.4. The fourth-order valence-electron chi connectivity index (χ4n) is 3.09. The molecule has 1 saturated heterocycles. The monoisotopic (exact) mass is 330 g/mol. The molecule has 1 aliphatic rings. The summed E-state index contributed by atoms with van der Waals surface area (Å²) >= 11 is 0. The van der Waals surface area contributed by atoms with Gasteiger partial charge >= 0.3 is 5.97 Å². The van der Waals surface area contributed by atoms with Gasteiger partial charge in [-0.3, -0.25) is 4.79 Å². The van der Waals surface area contributed by atoms with Gasteiger partial charge in [-0.05, 0) is 39.0 Å². The van der Waals surface area contributed by atoms with Crippen LogP contribution in [0.5, 0.6) is 0 Å². The zero-order chi connectivity index (χ0) is 17.1. The summed E-state index contributed by atoms with van der Waals surface area (Å²) in [6, 6.07) is 0. The van der Waals surface area contributed by atoms with Gasteiger partial charge in [0, 0.05) is 6.42 Å². The second kappa shape index (κ2) is 11.8. The van der Waals surface area contributed by atoms with Gasteiger partial charge in [0.15, 0.2) is 0 Å². The fourth-order valence-corrected chi connectivity index (χ4v) is 3.09. The topological polar surface area (TPSA) is 76.0 Å². The number of hydrogen-bond donors (Lipinski definition) is 2. The highest BCUT2D eigenvalue weighted by molar-refractivity contribution is 5.69. The number of esters is 1. The van der Waals surface area contributed by atoms with E-state index in [-0.39, 0.29) is 18.2 Å². The molecule has 0 radical (unpaired) electrons. The van der Waals surface area contributed by atoms with E-state index >= 15 is 0 Å². The summed E-state index contributed by atoms with van der Waals surface area (Å²) in [6.07, 6.45) is 7.01. The van der Waals surface area contributed by atoms with Crippen LogP contribution in [0.4, 0.5) is 0 Å². The van der Waals surface area contributed by atoms with Crippen LogP contribution in [0.3, 0.4) is 0 Å². The van der Waals surface area contributed by atoms with E-state index in [2.05, 4.69) is 6.92 Å². The van der Waals surface area contributed by atoms with Gasteiger partial charge in [0.25, 0.3) is 0 Å². The Kier molecular flexibility index (Phi) is 10.5. The van der Waals surface area contributed by atoms with Crippen molar-refractivity contribution in [1.29, 1.82) is 0 Å². The lowest BCUT2D eigenvalue weighted by molar-refractivity contribution is -0.143. The van der Waals surface area contributed by atoms with Crippen molar-refractivity contribution in [2.45, 2.75) is 102 Å². The summed E-state index contributed by atoms with van der Waals surface area (Å²) in [5.41, 5.74) is 0. The molecule has 1 fully saturated rings. The third kappa shape index (κ3) is 8.13. The number of unbranched alkanes of at least 4 members (excludes halogenated alkanes) is 3. The lowest BCUT2D eigenvalue weighted by atomic mass is 10.0. The summed E-state index contributed by atoms with van der Waals surface area (Å²) in [7, 11) is 0. The molecule has 0 aromatic rings. The first-order chi connectivity index (χ1) is 11.1. The first-order valence-corrected chi connectivity index (χ1v) is 9.25. The Bertz CT molecular complexity index is 321. The summed E-state index contributed by atoms with van der Waals surface area (Å²) in [4.78, 5) is 11.2. The molecule has 0 spiro atoms. The molecular formula is C18H34O5. The maximum Gasteiger partial charge on any atom is 0.305 e. The maximum absolute atomic E-state index is 11.2. The van der Waals surface area contributed by atoms with Crippen molar-refractivity contribution in [3.8, 4) is 0 Å². The molecule has 0 aromatic heterocycles. The standard InChI is InChI=1S/C18H34O5/c1-3-5-6-9-14(19)16-12-13-17(23-16)15(20)10-7-8-11-18(21)22-4-2/h14-17,19-20H,3-13H2,1-2H3/t14-,15-,16+,17-/m1/s1. The zero-order valence-corrected chi connectivity index (χ0v) is 14.7. The average Bonchev–Trinajstić information content (AvgIpc) is 3.02. The molecule has 2 N–H and O–H groups in total. The van der Waals surface area contributed by atoms with Gasteiger partial charge in [0.2, 0.25) is 0 Å². The van der Waals surface area contributed by atoms with Crippen LogP contribution in [0.15, 0.2) is 0 Å². The second-order valence-corrected chi connectivity index (χ2v) is 6.47. The van der Waals surface area contributed by atoms with Crippen LogP contribution in [0, 0.1) is 0 Å². The number of ether oxygens (including phenoxy) is 2. The van der Waals surface area contributed by atoms with Crippen LogP contribution in [0.1, 0.15) is 78.1 Å². The number of aliphatic hydroxyl groups is 2. The van der Waals surface area contributed by atoms with E-state index in [1.54, 1.807) is 6.92 Å². The van der Waals surface area contributed by atoms with Gasteiger partial charge in [-0.15, -0.1) is 0 Å². The molecule has 23 heavy (non-hydrogen) atoms. The number of carbonyl (C=O) groups excluding carboxylic acids is 1. The highest BCUT2D eigenvalue weighted by Gasteiger charge is 2.33. The molecule has 5 heteroatoms. The molecule has 0 amide bonds. The minimum atomic E-state index is -0.509. The normalized spacial score (nSPS) is 23.7. The SMILES string of the molecule is CCCCC[C@@H](O)[C@@H]1CC[C@H]([C@H](O)CCCCC(=O)OCC)O1. The third-order valence-corrected chi connectivity index (χ3v) is 4.48. The lowest BCUT2D eigenvalue weighted by Gasteiger charge is -2.22. The molecule has 1 heterocycles. The Labute approximate surface area is 140 Å². The van der Waals surface area contributed by atoms with E-state index in [0.717, 1.165) is 51.4 Å². The van der Waals surface area contributed by atoms with Crippen LogP contribution < -0.4 is 0 Å². The van der Waals surface area contributed by atoms with Gasteiger partial charge in [0.1, 0.15) is 0 Å². The molecule has 1 aliphatic heterocycles. The lowest BCUT2D eigenvalue weighted by Crippen LogP contribution is -2.31. The molecule has 4 atom stereocenters. The van der Waals surface area contributed by atoms with Gasteiger partial charge < -0.3 is 19.7 Å². The van der Waals surface area contributed by atoms with Crippen molar-refractivity contribution < 1.29 is 24.5 Å². The van der Waals surface area contributed by atoms with Crippen LogP contribution in [-0.2, 0) is 14.3 Å². The zero-order valence-electron chi connectivity index (χ0n) is 14.7. The molecule has 0 aliphatic carbocycles. The number of rotatable bonds is 12. The van der Waals surface area contributed by atoms with Gasteiger partial charge in [0.05, 0.1) is 31.0 Å². The number of carbonyl (C=O) groups is 1. The summed E-state index contributed by atoms with van der Waals surface area (Å²) in [5, 5.41) is 20.4. The highest BCUT2D eigenvalue weighted by Crippen LogP contribution is 2.28. The summed E-state index contributed by atoms with van der Waals surface area (Å²) in [5.74, 6) is -0.172. The van der Waals surface area contributed by atoms with E-state index in [4.69, 9.17) is 9.47 Å². The predicted octanol–water partition coefficient (Wildman–Crippen LogP) is 2.96. The predicted molar refractivity (Wildman–Crippen MR) is 89.2 cm³/mol. The smallest absolute Gasteiger partial charge is 0.305 e. The van der Waals surface area contributed by atoms with E-state index in [1.807, 2.05) is 0 Å². The Hall–Kier alpha value is -0.650. The van der Waals surface area contributed by atoms with Crippen molar-refractivity contribution >= 4 is 5.97 Å². The largest absolute Gasteiger partial charge is 0.466 e. The van der Waals surface area contributed by atoms with Gasteiger partial charge in [-0.25, -0.2) is 0 Å². The average molecular weight is 330 g/mol. The fraction of sp³-hybridized carbons (Fsp3) is 0.944. The quantitative estimate of drug-likeness (QED) is 0.425. The number of aliphatic hydroxyl groups excluding tert-OH is 2. The van der Waals surface area contributed by atoms with E-state index in [0.29, 0.717) is 19.4 Å². The first-order valence-electron chi connectivity index (χ1n) is 9.25. The Morgan fingerprint density at radius 1 is 1.04 bits per heavy atom. The number of hydrogen-bond acceptors (Lipinski definition) is 5. The Morgan fingerprint density at radius 2 is 1.61 bits per heavy atom. The van der Waals surface area contributed by atoms with Crippen LogP contribution in [-0.4, -0.2) is 47.2 Å². The van der Waals surface area contributed by atoms with Crippen LogP contribution in [0.25, 0.3) is 0 Å². The molecule has 1 rings (SSSR count). The molecule has 5 nitrogen and oxygen atoms in total. The van der Waals surface area contributed by atoms with Crippen molar-refractivity contribution in [2.75, 3.05) is 6.61 Å². The van der Waals surface area contributed by atoms with E-state index in [9.17, 15) is 15.0 Å².